The van der Waals surface area contributed by atoms with E-state index in [4.69, 9.17) is 4.74 Å². The molecule has 1 atom stereocenters. The molecule has 0 saturated carbocycles. The summed E-state index contributed by atoms with van der Waals surface area (Å²) >= 11 is 1.67. The second-order valence-corrected chi connectivity index (χ2v) is 8.15. The van der Waals surface area contributed by atoms with Gasteiger partial charge in [0.25, 0.3) is 5.91 Å². The molecule has 2 amide bonds. The highest BCUT2D eigenvalue weighted by molar-refractivity contribution is 7.99. The standard InChI is InChI=1S/C22H24N2O3S/c25-21-8-3-13-24(21)17-11-9-16(10-12-17)23-22(26)19-6-1-2-7-20(19)28-15-18-5-4-14-27-18/h1-2,6-7,9-12,18H,3-5,8,13-15H2,(H,23,26)/t18-/m0/s1. The molecule has 2 aliphatic heterocycles. The normalized spacial score (nSPS) is 19.2. The van der Waals surface area contributed by atoms with Crippen molar-refractivity contribution < 1.29 is 14.3 Å². The summed E-state index contributed by atoms with van der Waals surface area (Å²) in [7, 11) is 0. The van der Waals surface area contributed by atoms with E-state index in [2.05, 4.69) is 5.32 Å². The van der Waals surface area contributed by atoms with Crippen LogP contribution in [0.5, 0.6) is 0 Å². The van der Waals surface area contributed by atoms with E-state index in [1.165, 1.54) is 0 Å². The fraction of sp³-hybridized carbons (Fsp3) is 0.364. The smallest absolute Gasteiger partial charge is 0.256 e. The number of nitrogens with zero attached hydrogens (tertiary/aromatic N) is 1. The topological polar surface area (TPSA) is 58.6 Å². The Labute approximate surface area is 169 Å². The summed E-state index contributed by atoms with van der Waals surface area (Å²) in [5.41, 5.74) is 2.27. The Morgan fingerprint density at radius 2 is 1.96 bits per heavy atom. The van der Waals surface area contributed by atoms with Crippen LogP contribution in [0.25, 0.3) is 0 Å². The van der Waals surface area contributed by atoms with Crippen molar-refractivity contribution in [3.63, 3.8) is 0 Å². The first-order valence-corrected chi connectivity index (χ1v) is 10.7. The third-order valence-electron chi connectivity index (χ3n) is 5.09. The first-order valence-electron chi connectivity index (χ1n) is 9.76. The molecule has 0 spiro atoms. The highest BCUT2D eigenvalue weighted by Crippen LogP contribution is 2.28. The van der Waals surface area contributed by atoms with Crippen molar-refractivity contribution in [2.45, 2.75) is 36.7 Å². The Bertz CT molecular complexity index is 847. The molecule has 5 nitrogen and oxygen atoms in total. The van der Waals surface area contributed by atoms with Crippen molar-refractivity contribution in [3.05, 3.63) is 54.1 Å². The Morgan fingerprint density at radius 3 is 2.68 bits per heavy atom. The number of ether oxygens (including phenoxy) is 1. The van der Waals surface area contributed by atoms with E-state index in [9.17, 15) is 9.59 Å². The largest absolute Gasteiger partial charge is 0.377 e. The number of amides is 2. The van der Waals surface area contributed by atoms with Gasteiger partial charge in [-0.1, -0.05) is 12.1 Å². The summed E-state index contributed by atoms with van der Waals surface area (Å²) < 4.78 is 5.68. The third kappa shape index (κ3) is 4.39. The van der Waals surface area contributed by atoms with Crippen molar-refractivity contribution in [2.24, 2.45) is 0 Å². The molecule has 2 aliphatic rings. The number of hydrogen-bond acceptors (Lipinski definition) is 4. The lowest BCUT2D eigenvalue weighted by Crippen LogP contribution is -2.23. The molecule has 2 aromatic rings. The lowest BCUT2D eigenvalue weighted by molar-refractivity contribution is -0.117. The van der Waals surface area contributed by atoms with Gasteiger partial charge < -0.3 is 15.0 Å². The summed E-state index contributed by atoms with van der Waals surface area (Å²) in [5, 5.41) is 2.97. The molecular formula is C22H24N2O3S. The van der Waals surface area contributed by atoms with Gasteiger partial charge in [-0.15, -0.1) is 11.8 Å². The van der Waals surface area contributed by atoms with Gasteiger partial charge in [0.2, 0.25) is 5.91 Å². The number of thioether (sulfide) groups is 1. The van der Waals surface area contributed by atoms with Crippen LogP contribution in [0, 0.1) is 0 Å². The highest BCUT2D eigenvalue weighted by Gasteiger charge is 2.22. The zero-order valence-electron chi connectivity index (χ0n) is 15.7. The van der Waals surface area contributed by atoms with Crippen molar-refractivity contribution >= 4 is 35.0 Å². The molecule has 2 aromatic carbocycles. The van der Waals surface area contributed by atoms with E-state index in [0.717, 1.165) is 54.4 Å². The average molecular weight is 397 g/mol. The monoisotopic (exact) mass is 396 g/mol. The van der Waals surface area contributed by atoms with Crippen LogP contribution in [0.1, 0.15) is 36.0 Å². The van der Waals surface area contributed by atoms with Gasteiger partial charge in [0.05, 0.1) is 11.7 Å². The van der Waals surface area contributed by atoms with Gasteiger partial charge in [0.1, 0.15) is 0 Å². The maximum absolute atomic E-state index is 12.8. The first kappa shape index (κ1) is 19.0. The lowest BCUT2D eigenvalue weighted by atomic mass is 10.2. The number of nitrogens with one attached hydrogen (secondary N) is 1. The van der Waals surface area contributed by atoms with Crippen LogP contribution >= 0.6 is 11.8 Å². The molecule has 0 aromatic heterocycles. The quantitative estimate of drug-likeness (QED) is 0.738. The Hall–Kier alpha value is -2.31. The van der Waals surface area contributed by atoms with E-state index >= 15 is 0 Å². The summed E-state index contributed by atoms with van der Waals surface area (Å²) in [4.78, 5) is 27.4. The van der Waals surface area contributed by atoms with E-state index in [1.54, 1.807) is 16.7 Å². The van der Waals surface area contributed by atoms with Crippen LogP contribution in [0.4, 0.5) is 11.4 Å². The van der Waals surface area contributed by atoms with Crippen molar-refractivity contribution in [1.82, 2.24) is 0 Å². The molecule has 146 valence electrons. The number of carbonyl (C=O) groups excluding carboxylic acids is 2. The molecule has 4 rings (SSSR count). The van der Waals surface area contributed by atoms with Gasteiger partial charge in [-0.2, -0.15) is 0 Å². The van der Waals surface area contributed by atoms with Gasteiger partial charge in [-0.05, 0) is 55.7 Å². The van der Waals surface area contributed by atoms with Crippen LogP contribution in [-0.2, 0) is 9.53 Å². The summed E-state index contributed by atoms with van der Waals surface area (Å²) in [6, 6.07) is 15.1. The minimum Gasteiger partial charge on any atom is -0.377 e. The number of hydrogen-bond donors (Lipinski definition) is 1. The first-order chi connectivity index (χ1) is 13.7. The minimum absolute atomic E-state index is 0.125. The second-order valence-electron chi connectivity index (χ2n) is 7.09. The Morgan fingerprint density at radius 1 is 1.14 bits per heavy atom. The van der Waals surface area contributed by atoms with Crippen LogP contribution < -0.4 is 10.2 Å². The molecule has 2 saturated heterocycles. The maximum Gasteiger partial charge on any atom is 0.256 e. The van der Waals surface area contributed by atoms with E-state index in [1.807, 2.05) is 48.5 Å². The second kappa shape index (κ2) is 8.80. The van der Waals surface area contributed by atoms with Gasteiger partial charge in [-0.25, -0.2) is 0 Å². The van der Waals surface area contributed by atoms with Gasteiger partial charge in [-0.3, -0.25) is 9.59 Å². The molecule has 0 bridgehead atoms. The van der Waals surface area contributed by atoms with Crippen molar-refractivity contribution in [3.8, 4) is 0 Å². The van der Waals surface area contributed by atoms with Crippen LogP contribution in [0.3, 0.4) is 0 Å². The van der Waals surface area contributed by atoms with E-state index in [-0.39, 0.29) is 17.9 Å². The zero-order chi connectivity index (χ0) is 19.3. The lowest BCUT2D eigenvalue weighted by Gasteiger charge is -2.16. The molecular weight excluding hydrogens is 372 g/mol. The molecule has 6 heteroatoms. The summed E-state index contributed by atoms with van der Waals surface area (Å²) in [6.07, 6.45) is 4.00. The van der Waals surface area contributed by atoms with Gasteiger partial charge >= 0.3 is 0 Å². The van der Waals surface area contributed by atoms with Gasteiger partial charge in [0.15, 0.2) is 0 Å². The van der Waals surface area contributed by atoms with Crippen molar-refractivity contribution in [2.75, 3.05) is 29.1 Å². The third-order valence-corrected chi connectivity index (χ3v) is 6.30. The van der Waals surface area contributed by atoms with Crippen LogP contribution in [0.15, 0.2) is 53.4 Å². The summed E-state index contributed by atoms with van der Waals surface area (Å²) in [5.74, 6) is 0.900. The molecule has 28 heavy (non-hydrogen) atoms. The maximum atomic E-state index is 12.8. The summed E-state index contributed by atoms with van der Waals surface area (Å²) in [6.45, 7) is 1.60. The van der Waals surface area contributed by atoms with Gasteiger partial charge in [0, 0.05) is 41.6 Å². The fourth-order valence-corrected chi connectivity index (χ4v) is 4.70. The SMILES string of the molecule is O=C(Nc1ccc(N2CCCC2=O)cc1)c1ccccc1SC[C@@H]1CCCO1. The van der Waals surface area contributed by atoms with E-state index < -0.39 is 0 Å². The van der Waals surface area contributed by atoms with Crippen molar-refractivity contribution in [1.29, 1.82) is 0 Å². The number of benzene rings is 2. The molecule has 0 unspecified atom stereocenters. The van der Waals surface area contributed by atoms with E-state index in [0.29, 0.717) is 12.0 Å². The molecule has 1 N–H and O–H groups in total. The highest BCUT2D eigenvalue weighted by atomic mass is 32.2. The predicted molar refractivity (Wildman–Crippen MR) is 112 cm³/mol. The predicted octanol–water partition coefficient (Wildman–Crippen LogP) is 4.34. The zero-order valence-corrected chi connectivity index (χ0v) is 16.5. The molecule has 0 radical (unpaired) electrons. The number of carbonyl (C=O) groups is 2. The number of rotatable bonds is 6. The average Bonchev–Trinajstić information content (AvgIpc) is 3.39. The number of anilines is 2. The van der Waals surface area contributed by atoms with Crippen LogP contribution in [0.2, 0.25) is 0 Å². The fourth-order valence-electron chi connectivity index (χ4n) is 3.58. The van der Waals surface area contributed by atoms with Crippen LogP contribution in [-0.4, -0.2) is 36.8 Å². The minimum atomic E-state index is -0.125. The molecule has 2 fully saturated rings. The molecule has 0 aliphatic carbocycles. The molecule has 2 heterocycles. The Balaban J connectivity index is 1.41. The Kier molecular flexibility index (Phi) is 5.98.